The molecule has 12 heteroatoms. The summed E-state index contributed by atoms with van der Waals surface area (Å²) in [6.45, 7) is 6.05. The van der Waals surface area contributed by atoms with Crippen LogP contribution < -0.4 is 21.3 Å². The number of primary amides is 1. The van der Waals surface area contributed by atoms with Crippen molar-refractivity contribution in [3.8, 4) is 0 Å². The molecule has 5 N–H and O–H groups in total. The zero-order chi connectivity index (χ0) is 26.0. The van der Waals surface area contributed by atoms with Crippen LogP contribution in [0.15, 0.2) is 36.7 Å². The van der Waals surface area contributed by atoms with Gasteiger partial charge in [-0.25, -0.2) is 0 Å². The van der Waals surface area contributed by atoms with Gasteiger partial charge in [0.2, 0.25) is 5.95 Å². The highest BCUT2D eigenvalue weighted by molar-refractivity contribution is 5.96. The van der Waals surface area contributed by atoms with Crippen molar-refractivity contribution in [1.29, 1.82) is 0 Å². The quantitative estimate of drug-likeness (QED) is 0.381. The van der Waals surface area contributed by atoms with Gasteiger partial charge in [-0.1, -0.05) is 12.1 Å². The molecule has 4 rings (SSSR count). The summed E-state index contributed by atoms with van der Waals surface area (Å²) in [6.07, 6.45) is 4.92. The lowest BCUT2D eigenvalue weighted by Crippen LogP contribution is -2.54. The molecular weight excluding hydrogens is 462 g/mol. The number of benzene rings is 1. The Morgan fingerprint density at radius 2 is 1.92 bits per heavy atom. The Labute approximate surface area is 208 Å². The third-order valence-electron chi connectivity index (χ3n) is 6.29. The highest BCUT2D eigenvalue weighted by Crippen LogP contribution is 2.25. The molecule has 0 spiro atoms. The number of nitrogens with zero attached hydrogens (tertiary/aromatic N) is 6. The largest absolute Gasteiger partial charge is 0.386 e. The van der Waals surface area contributed by atoms with Gasteiger partial charge in [-0.3, -0.25) is 14.3 Å². The average molecular weight is 494 g/mol. The van der Waals surface area contributed by atoms with E-state index in [0.29, 0.717) is 23.7 Å². The van der Waals surface area contributed by atoms with Crippen molar-refractivity contribution < 1.29 is 14.7 Å². The maximum absolute atomic E-state index is 12.9. The predicted octanol–water partition coefficient (Wildman–Crippen LogP) is 1.46. The number of nitrogens with one attached hydrogen (secondary N) is 2. The fourth-order valence-corrected chi connectivity index (χ4v) is 4.21. The van der Waals surface area contributed by atoms with Crippen LogP contribution in [0.3, 0.4) is 0 Å². The number of amides is 2. The van der Waals surface area contributed by atoms with Gasteiger partial charge in [0, 0.05) is 37.4 Å². The molecule has 2 aromatic heterocycles. The molecule has 0 aliphatic carbocycles. The maximum Gasteiger partial charge on any atom is 0.273 e. The summed E-state index contributed by atoms with van der Waals surface area (Å²) in [7, 11) is 1.77. The minimum Gasteiger partial charge on any atom is -0.386 e. The Kier molecular flexibility index (Phi) is 6.88. The number of carbonyl (C=O) groups excluding carboxylic acids is 2. The molecule has 0 unspecified atom stereocenters. The molecule has 0 radical (unpaired) electrons. The van der Waals surface area contributed by atoms with E-state index in [2.05, 4.69) is 30.9 Å². The first-order valence-corrected chi connectivity index (χ1v) is 11.7. The van der Waals surface area contributed by atoms with E-state index in [1.807, 2.05) is 11.8 Å². The average Bonchev–Trinajstić information content (AvgIpc) is 3.24. The number of rotatable bonds is 7. The van der Waals surface area contributed by atoms with Crippen LogP contribution in [-0.4, -0.2) is 60.5 Å². The predicted molar refractivity (Wildman–Crippen MR) is 134 cm³/mol. The van der Waals surface area contributed by atoms with E-state index in [4.69, 9.17) is 5.73 Å². The van der Waals surface area contributed by atoms with Crippen LogP contribution in [0.4, 0.5) is 17.5 Å². The van der Waals surface area contributed by atoms with E-state index < -0.39 is 11.5 Å². The number of hydrogen-bond donors (Lipinski definition) is 4. The first kappa shape index (κ1) is 25.0. The number of hydrogen-bond acceptors (Lipinski definition) is 9. The zero-order valence-corrected chi connectivity index (χ0v) is 20.8. The standard InChI is InChI=1S/C24H31N9O3/c1-14-18(28-22(35)15-7-9-16(10-8-15)24(2,3)36)6-5-11-33(14)23-29-21(19(20(25)34)30-31-23)27-17-12-26-32(4)13-17/h7-10,12-14,18,36H,5-6,11H2,1-4H3,(H2,25,34)(H,28,35)(H,27,29,31)/t14-,18-/m1/s1. The van der Waals surface area contributed by atoms with Crippen LogP contribution >= 0.6 is 0 Å². The van der Waals surface area contributed by atoms with Gasteiger partial charge in [-0.2, -0.15) is 10.1 Å². The first-order chi connectivity index (χ1) is 17.0. The highest BCUT2D eigenvalue weighted by Gasteiger charge is 2.32. The van der Waals surface area contributed by atoms with Crippen LogP contribution in [0, 0.1) is 0 Å². The van der Waals surface area contributed by atoms with Gasteiger partial charge >= 0.3 is 0 Å². The van der Waals surface area contributed by atoms with E-state index in [-0.39, 0.29) is 29.5 Å². The van der Waals surface area contributed by atoms with E-state index in [1.165, 1.54) is 0 Å². The van der Waals surface area contributed by atoms with E-state index >= 15 is 0 Å². The first-order valence-electron chi connectivity index (χ1n) is 11.7. The number of aryl methyl sites for hydroxylation is 1. The summed E-state index contributed by atoms with van der Waals surface area (Å²) in [5.41, 5.74) is 6.29. The number of nitrogens with two attached hydrogens (primary N) is 1. The molecule has 1 aliphatic rings. The van der Waals surface area contributed by atoms with Crippen LogP contribution in [0.2, 0.25) is 0 Å². The summed E-state index contributed by atoms with van der Waals surface area (Å²) in [5, 5.41) is 28.6. The van der Waals surface area contributed by atoms with Crippen molar-refractivity contribution >= 4 is 29.3 Å². The second-order valence-electron chi connectivity index (χ2n) is 9.49. The molecule has 2 atom stereocenters. The van der Waals surface area contributed by atoms with Crippen LogP contribution in [0.25, 0.3) is 0 Å². The van der Waals surface area contributed by atoms with E-state index in [9.17, 15) is 14.7 Å². The summed E-state index contributed by atoms with van der Waals surface area (Å²) in [5.74, 6) is -0.434. The Morgan fingerprint density at radius 1 is 1.19 bits per heavy atom. The molecule has 1 aliphatic heterocycles. The number of anilines is 3. The summed E-state index contributed by atoms with van der Waals surface area (Å²) in [4.78, 5) is 31.3. The van der Waals surface area contributed by atoms with Crippen LogP contribution in [-0.2, 0) is 12.6 Å². The lowest BCUT2D eigenvalue weighted by molar-refractivity contribution is 0.0783. The zero-order valence-electron chi connectivity index (χ0n) is 20.8. The molecule has 3 aromatic rings. The molecule has 36 heavy (non-hydrogen) atoms. The molecule has 12 nitrogen and oxygen atoms in total. The number of aliphatic hydroxyl groups is 1. The number of carbonyl (C=O) groups is 2. The minimum absolute atomic E-state index is 0.0772. The Balaban J connectivity index is 1.51. The third-order valence-corrected chi connectivity index (χ3v) is 6.29. The van der Waals surface area contributed by atoms with Gasteiger partial charge < -0.3 is 26.4 Å². The van der Waals surface area contributed by atoms with Crippen LogP contribution in [0.1, 0.15) is 60.0 Å². The molecular formula is C24H31N9O3. The normalized spacial score (nSPS) is 18.1. The smallest absolute Gasteiger partial charge is 0.273 e. The third kappa shape index (κ3) is 5.43. The topological polar surface area (TPSA) is 164 Å². The monoisotopic (exact) mass is 493 g/mol. The van der Waals surface area contributed by atoms with Crippen molar-refractivity contribution in [1.82, 2.24) is 30.3 Å². The fraction of sp³-hybridized carbons (Fsp3) is 0.417. The molecule has 1 aromatic carbocycles. The van der Waals surface area contributed by atoms with Crippen molar-refractivity contribution in [2.75, 3.05) is 16.8 Å². The van der Waals surface area contributed by atoms with Gasteiger partial charge in [-0.05, 0) is 51.3 Å². The molecule has 1 fully saturated rings. The summed E-state index contributed by atoms with van der Waals surface area (Å²) >= 11 is 0. The SMILES string of the molecule is C[C@@H]1[C@H](NC(=O)c2ccc(C(C)(C)O)cc2)CCCN1c1nnc(C(N)=O)c(Nc2cnn(C)c2)n1. The number of piperidine rings is 1. The van der Waals surface area contributed by atoms with E-state index in [1.54, 1.807) is 62.2 Å². The van der Waals surface area contributed by atoms with Crippen molar-refractivity contribution in [2.45, 2.75) is 51.3 Å². The lowest BCUT2D eigenvalue weighted by Gasteiger charge is -2.39. The summed E-state index contributed by atoms with van der Waals surface area (Å²) in [6, 6.07) is 6.63. The molecule has 190 valence electrons. The van der Waals surface area contributed by atoms with Crippen molar-refractivity contribution in [2.24, 2.45) is 12.8 Å². The molecule has 1 saturated heterocycles. The minimum atomic E-state index is -0.976. The Morgan fingerprint density at radius 3 is 2.53 bits per heavy atom. The van der Waals surface area contributed by atoms with Gasteiger partial charge in [0.05, 0.1) is 17.5 Å². The second-order valence-corrected chi connectivity index (χ2v) is 9.49. The van der Waals surface area contributed by atoms with Gasteiger partial charge in [0.25, 0.3) is 11.8 Å². The van der Waals surface area contributed by atoms with Crippen LogP contribution in [0.5, 0.6) is 0 Å². The number of aromatic nitrogens is 5. The Bertz CT molecular complexity index is 1250. The summed E-state index contributed by atoms with van der Waals surface area (Å²) < 4.78 is 1.61. The highest BCUT2D eigenvalue weighted by atomic mass is 16.3. The van der Waals surface area contributed by atoms with Gasteiger partial charge in [0.15, 0.2) is 11.5 Å². The maximum atomic E-state index is 12.9. The Hall–Kier alpha value is -4.06. The van der Waals surface area contributed by atoms with Gasteiger partial charge in [-0.15, -0.1) is 10.2 Å². The molecule has 0 bridgehead atoms. The van der Waals surface area contributed by atoms with Crippen molar-refractivity contribution in [3.05, 3.63) is 53.5 Å². The van der Waals surface area contributed by atoms with Crippen molar-refractivity contribution in [3.63, 3.8) is 0 Å². The molecule has 2 amide bonds. The van der Waals surface area contributed by atoms with E-state index in [0.717, 1.165) is 18.4 Å². The lowest BCUT2D eigenvalue weighted by atomic mass is 9.96. The molecule has 0 saturated carbocycles. The fourth-order valence-electron chi connectivity index (χ4n) is 4.21. The second kappa shape index (κ2) is 9.90. The molecule has 3 heterocycles. The van der Waals surface area contributed by atoms with Gasteiger partial charge in [0.1, 0.15) is 0 Å².